The second-order valence-corrected chi connectivity index (χ2v) is 7.30. The number of aryl methyl sites for hydroxylation is 2. The monoisotopic (exact) mass is 372 g/mol. The molecule has 4 nitrogen and oxygen atoms in total. The fraction of sp³-hybridized carbons (Fsp3) is 0.381. The van der Waals surface area contributed by atoms with E-state index in [9.17, 15) is 4.79 Å². The molecule has 1 heterocycles. The average Bonchev–Trinajstić information content (AvgIpc) is 2.64. The van der Waals surface area contributed by atoms with Gasteiger partial charge in [-0.25, -0.2) is 0 Å². The van der Waals surface area contributed by atoms with E-state index in [2.05, 4.69) is 37.4 Å². The molecule has 2 aromatic carbocycles. The van der Waals surface area contributed by atoms with Crippen molar-refractivity contribution in [3.8, 4) is 5.75 Å². The Morgan fingerprint density at radius 2 is 1.85 bits per heavy atom. The molecule has 0 radical (unpaired) electrons. The zero-order chi connectivity index (χ0) is 18.5. The van der Waals surface area contributed by atoms with E-state index in [1.807, 2.05) is 4.90 Å². The number of hydrogen-bond donors (Lipinski definition) is 1. The zero-order valence-electron chi connectivity index (χ0n) is 15.3. The summed E-state index contributed by atoms with van der Waals surface area (Å²) in [5.74, 6) is 0.694. The largest absolute Gasteiger partial charge is 0.484 e. The van der Waals surface area contributed by atoms with Crippen molar-refractivity contribution < 1.29 is 9.53 Å². The van der Waals surface area contributed by atoms with Gasteiger partial charge in [-0.1, -0.05) is 23.7 Å². The fourth-order valence-corrected chi connectivity index (χ4v) is 3.28. The first-order valence-corrected chi connectivity index (χ1v) is 9.39. The number of rotatable bonds is 5. The van der Waals surface area contributed by atoms with E-state index >= 15 is 0 Å². The molecule has 0 aromatic heterocycles. The van der Waals surface area contributed by atoms with Crippen molar-refractivity contribution in [2.75, 3.05) is 25.0 Å². The van der Waals surface area contributed by atoms with Crippen LogP contribution in [-0.4, -0.2) is 36.5 Å². The fourth-order valence-electron chi connectivity index (χ4n) is 3.15. The molecule has 0 spiro atoms. The van der Waals surface area contributed by atoms with Crippen LogP contribution < -0.4 is 10.1 Å². The lowest BCUT2D eigenvalue weighted by Gasteiger charge is -2.33. The van der Waals surface area contributed by atoms with Crippen LogP contribution in [0.2, 0.25) is 5.02 Å². The highest BCUT2D eigenvalue weighted by Crippen LogP contribution is 2.21. The van der Waals surface area contributed by atoms with Crippen LogP contribution in [0.25, 0.3) is 0 Å². The molecule has 1 saturated heterocycles. The highest BCUT2D eigenvalue weighted by molar-refractivity contribution is 6.30. The van der Waals surface area contributed by atoms with Gasteiger partial charge in [0.1, 0.15) is 5.75 Å². The Labute approximate surface area is 160 Å². The van der Waals surface area contributed by atoms with Gasteiger partial charge in [-0.05, 0) is 68.1 Å². The summed E-state index contributed by atoms with van der Waals surface area (Å²) < 4.78 is 5.56. The van der Waals surface area contributed by atoms with Crippen molar-refractivity contribution in [1.29, 1.82) is 0 Å². The first kappa shape index (κ1) is 18.6. The van der Waals surface area contributed by atoms with Crippen LogP contribution in [0.3, 0.4) is 0 Å². The molecule has 5 heteroatoms. The summed E-state index contributed by atoms with van der Waals surface area (Å²) in [5, 5.41) is 4.29. The summed E-state index contributed by atoms with van der Waals surface area (Å²) in [6.45, 7) is 5.80. The van der Waals surface area contributed by atoms with Crippen LogP contribution in [0.1, 0.15) is 24.0 Å². The number of likely N-dealkylation sites (tertiary alicyclic amines) is 1. The molecule has 2 aromatic rings. The number of hydrogen-bond acceptors (Lipinski definition) is 3. The van der Waals surface area contributed by atoms with Gasteiger partial charge in [0.05, 0.1) is 0 Å². The number of anilines is 1. The van der Waals surface area contributed by atoms with E-state index in [1.165, 1.54) is 16.8 Å². The van der Waals surface area contributed by atoms with Crippen LogP contribution in [0, 0.1) is 13.8 Å². The summed E-state index contributed by atoms with van der Waals surface area (Å²) in [4.78, 5) is 14.2. The summed E-state index contributed by atoms with van der Waals surface area (Å²) in [6.07, 6.45) is 1.89. The summed E-state index contributed by atoms with van der Waals surface area (Å²) in [7, 11) is 0. The lowest BCUT2D eigenvalue weighted by atomic mass is 10.0. The average molecular weight is 373 g/mol. The van der Waals surface area contributed by atoms with Gasteiger partial charge in [0.15, 0.2) is 6.61 Å². The summed E-state index contributed by atoms with van der Waals surface area (Å²) in [5.41, 5.74) is 3.70. The van der Waals surface area contributed by atoms with Crippen molar-refractivity contribution in [1.82, 2.24) is 4.90 Å². The van der Waals surface area contributed by atoms with E-state index in [1.54, 1.807) is 24.3 Å². The van der Waals surface area contributed by atoms with Gasteiger partial charge >= 0.3 is 0 Å². The number of nitrogens with zero attached hydrogens (tertiary/aromatic N) is 1. The van der Waals surface area contributed by atoms with Crippen molar-refractivity contribution in [3.05, 3.63) is 58.6 Å². The quantitative estimate of drug-likeness (QED) is 0.843. The third-order valence-corrected chi connectivity index (χ3v) is 5.03. The molecule has 0 unspecified atom stereocenters. The number of carbonyl (C=O) groups is 1. The normalized spacial score (nSPS) is 15.0. The van der Waals surface area contributed by atoms with Crippen LogP contribution in [0.4, 0.5) is 5.69 Å². The minimum Gasteiger partial charge on any atom is -0.484 e. The molecule has 138 valence electrons. The minimum atomic E-state index is 0.0325. The maximum atomic E-state index is 12.4. The maximum Gasteiger partial charge on any atom is 0.260 e. The topological polar surface area (TPSA) is 41.6 Å². The number of carbonyl (C=O) groups excluding carboxylic acids is 1. The van der Waals surface area contributed by atoms with E-state index in [0.29, 0.717) is 16.8 Å². The van der Waals surface area contributed by atoms with Gasteiger partial charge in [-0.2, -0.15) is 0 Å². The number of halogens is 1. The lowest BCUT2D eigenvalue weighted by molar-refractivity contribution is -0.134. The molecule has 0 bridgehead atoms. The van der Waals surface area contributed by atoms with Gasteiger partial charge < -0.3 is 15.0 Å². The SMILES string of the molecule is Cc1ccc(C)c(NC2CCN(C(=O)COc3ccc(Cl)cc3)CC2)c1. The van der Waals surface area contributed by atoms with E-state index < -0.39 is 0 Å². The molecule has 1 amide bonds. The highest BCUT2D eigenvalue weighted by Gasteiger charge is 2.23. The first-order chi connectivity index (χ1) is 12.5. The minimum absolute atomic E-state index is 0.0325. The number of amides is 1. The van der Waals surface area contributed by atoms with E-state index in [-0.39, 0.29) is 12.5 Å². The van der Waals surface area contributed by atoms with Crippen molar-refractivity contribution >= 4 is 23.2 Å². The number of nitrogens with one attached hydrogen (secondary N) is 1. The predicted octanol–water partition coefficient (Wildman–Crippen LogP) is 4.44. The maximum absolute atomic E-state index is 12.4. The molecule has 1 fully saturated rings. The summed E-state index contributed by atoms with van der Waals surface area (Å²) >= 11 is 5.85. The zero-order valence-corrected chi connectivity index (χ0v) is 16.1. The van der Waals surface area contributed by atoms with Gasteiger partial charge in [0.25, 0.3) is 5.91 Å². The molecular weight excluding hydrogens is 348 g/mol. The van der Waals surface area contributed by atoms with Crippen molar-refractivity contribution in [2.45, 2.75) is 32.7 Å². The Morgan fingerprint density at radius 3 is 2.54 bits per heavy atom. The number of ether oxygens (including phenoxy) is 1. The third kappa shape index (κ3) is 4.92. The predicted molar refractivity (Wildman–Crippen MR) is 106 cm³/mol. The third-order valence-electron chi connectivity index (χ3n) is 4.78. The molecule has 0 saturated carbocycles. The second kappa shape index (κ2) is 8.45. The Balaban J connectivity index is 1.46. The Bertz CT molecular complexity index is 753. The number of benzene rings is 2. The molecular formula is C21H25ClN2O2. The highest BCUT2D eigenvalue weighted by atomic mass is 35.5. The number of piperidine rings is 1. The Kier molecular flexibility index (Phi) is 6.04. The molecule has 1 N–H and O–H groups in total. The van der Waals surface area contributed by atoms with Crippen molar-refractivity contribution in [2.24, 2.45) is 0 Å². The Hall–Kier alpha value is -2.20. The standard InChI is InChI=1S/C21H25ClN2O2/c1-15-3-4-16(2)20(13-15)23-18-9-11-24(12-10-18)21(25)14-26-19-7-5-17(22)6-8-19/h3-8,13,18,23H,9-12,14H2,1-2H3. The van der Waals surface area contributed by atoms with Crippen LogP contribution in [-0.2, 0) is 4.79 Å². The van der Waals surface area contributed by atoms with Crippen LogP contribution >= 0.6 is 11.6 Å². The smallest absolute Gasteiger partial charge is 0.260 e. The second-order valence-electron chi connectivity index (χ2n) is 6.86. The van der Waals surface area contributed by atoms with Gasteiger partial charge in [-0.15, -0.1) is 0 Å². The molecule has 0 aliphatic carbocycles. The first-order valence-electron chi connectivity index (χ1n) is 9.01. The molecule has 1 aliphatic heterocycles. The molecule has 26 heavy (non-hydrogen) atoms. The molecule has 0 atom stereocenters. The van der Waals surface area contributed by atoms with E-state index in [0.717, 1.165) is 25.9 Å². The Morgan fingerprint density at radius 1 is 1.15 bits per heavy atom. The lowest BCUT2D eigenvalue weighted by Crippen LogP contribution is -2.44. The van der Waals surface area contributed by atoms with Crippen LogP contribution in [0.15, 0.2) is 42.5 Å². The van der Waals surface area contributed by atoms with Gasteiger partial charge in [0.2, 0.25) is 0 Å². The van der Waals surface area contributed by atoms with Gasteiger partial charge in [-0.3, -0.25) is 4.79 Å². The molecule has 1 aliphatic rings. The van der Waals surface area contributed by atoms with Crippen molar-refractivity contribution in [3.63, 3.8) is 0 Å². The van der Waals surface area contributed by atoms with E-state index in [4.69, 9.17) is 16.3 Å². The molecule has 3 rings (SSSR count). The van der Waals surface area contributed by atoms with Crippen LogP contribution in [0.5, 0.6) is 5.75 Å². The summed E-state index contributed by atoms with van der Waals surface area (Å²) in [6, 6.07) is 13.9. The van der Waals surface area contributed by atoms with Gasteiger partial charge in [0, 0.05) is 29.8 Å².